The lowest BCUT2D eigenvalue weighted by Gasteiger charge is -2.49. The van der Waals surface area contributed by atoms with Gasteiger partial charge in [-0.05, 0) is 32.4 Å². The first kappa shape index (κ1) is 15.3. The molecule has 4 rings (SSSR count). The fraction of sp³-hybridized carbons (Fsp3) is 0.556. The number of ether oxygens (including phenoxy) is 2. The molecule has 2 amide bonds. The van der Waals surface area contributed by atoms with Gasteiger partial charge in [-0.1, -0.05) is 0 Å². The van der Waals surface area contributed by atoms with E-state index in [1.807, 2.05) is 23.1 Å². The van der Waals surface area contributed by atoms with E-state index in [2.05, 4.69) is 13.8 Å². The molecule has 0 aromatic heterocycles. The van der Waals surface area contributed by atoms with Crippen LogP contribution in [-0.4, -0.2) is 48.6 Å². The molecule has 2 saturated heterocycles. The van der Waals surface area contributed by atoms with Crippen molar-refractivity contribution in [3.63, 3.8) is 0 Å². The van der Waals surface area contributed by atoms with Crippen LogP contribution in [0.25, 0.3) is 0 Å². The molecule has 6 heteroatoms. The number of benzene rings is 1. The summed E-state index contributed by atoms with van der Waals surface area (Å²) in [4.78, 5) is 28.7. The van der Waals surface area contributed by atoms with Gasteiger partial charge in [0.25, 0.3) is 0 Å². The molecular weight excluding hydrogens is 308 g/mol. The van der Waals surface area contributed by atoms with Crippen molar-refractivity contribution < 1.29 is 19.1 Å². The van der Waals surface area contributed by atoms with Crippen LogP contribution >= 0.6 is 0 Å². The topological polar surface area (TPSA) is 59.1 Å². The maximum atomic E-state index is 12.7. The summed E-state index contributed by atoms with van der Waals surface area (Å²) in [6.07, 6.45) is 1.30. The quantitative estimate of drug-likeness (QED) is 0.830. The molecule has 6 nitrogen and oxygen atoms in total. The first-order chi connectivity index (χ1) is 11.5. The first-order valence-electron chi connectivity index (χ1n) is 8.47. The highest BCUT2D eigenvalue weighted by atomic mass is 16.6. The van der Waals surface area contributed by atoms with E-state index in [-0.39, 0.29) is 29.7 Å². The second kappa shape index (κ2) is 5.40. The van der Waals surface area contributed by atoms with E-state index in [0.717, 1.165) is 18.7 Å². The summed E-state index contributed by atoms with van der Waals surface area (Å²) in [7, 11) is 0. The molecule has 1 unspecified atom stereocenters. The molecule has 0 radical (unpaired) electrons. The van der Waals surface area contributed by atoms with E-state index in [4.69, 9.17) is 9.47 Å². The van der Waals surface area contributed by atoms with E-state index in [1.54, 1.807) is 4.90 Å². The van der Waals surface area contributed by atoms with E-state index < -0.39 is 0 Å². The number of rotatable bonds is 2. The number of hydrogen-bond donors (Lipinski definition) is 0. The minimum absolute atomic E-state index is 0.0108. The van der Waals surface area contributed by atoms with Crippen LogP contribution in [0.4, 0.5) is 5.69 Å². The third kappa shape index (κ3) is 2.41. The van der Waals surface area contributed by atoms with Crippen molar-refractivity contribution >= 4 is 17.5 Å². The molecule has 24 heavy (non-hydrogen) atoms. The van der Waals surface area contributed by atoms with Crippen LogP contribution in [0.15, 0.2) is 18.2 Å². The van der Waals surface area contributed by atoms with Gasteiger partial charge in [-0.25, -0.2) is 0 Å². The van der Waals surface area contributed by atoms with Crippen molar-refractivity contribution in [2.24, 2.45) is 5.92 Å². The molecule has 1 atom stereocenters. The highest BCUT2D eigenvalue weighted by Crippen LogP contribution is 2.37. The van der Waals surface area contributed by atoms with E-state index in [1.165, 1.54) is 0 Å². The lowest BCUT2D eigenvalue weighted by molar-refractivity contribution is -0.149. The molecule has 3 aliphatic rings. The van der Waals surface area contributed by atoms with Gasteiger partial charge in [0.05, 0.1) is 5.92 Å². The Morgan fingerprint density at radius 3 is 2.62 bits per heavy atom. The normalized spacial score (nSPS) is 24.8. The summed E-state index contributed by atoms with van der Waals surface area (Å²) in [6, 6.07) is 5.50. The average molecular weight is 330 g/mol. The third-order valence-electron chi connectivity index (χ3n) is 5.26. The summed E-state index contributed by atoms with van der Waals surface area (Å²) in [5.41, 5.74) is 0.687. The zero-order chi connectivity index (χ0) is 16.9. The van der Waals surface area contributed by atoms with Crippen molar-refractivity contribution in [3.05, 3.63) is 18.2 Å². The Kier molecular flexibility index (Phi) is 3.44. The van der Waals surface area contributed by atoms with Gasteiger partial charge in [-0.2, -0.15) is 0 Å². The molecule has 128 valence electrons. The Morgan fingerprint density at radius 1 is 1.21 bits per heavy atom. The number of fused-ring (bicyclic) bond motifs is 1. The highest BCUT2D eigenvalue weighted by molar-refractivity contribution is 6.00. The number of hydrogen-bond acceptors (Lipinski definition) is 4. The van der Waals surface area contributed by atoms with Gasteiger partial charge in [-0.15, -0.1) is 0 Å². The zero-order valence-electron chi connectivity index (χ0n) is 14.1. The van der Waals surface area contributed by atoms with Gasteiger partial charge in [0.15, 0.2) is 11.5 Å². The summed E-state index contributed by atoms with van der Waals surface area (Å²) in [5, 5.41) is 0. The Bertz CT molecular complexity index is 700. The Hall–Kier alpha value is -2.24. The van der Waals surface area contributed by atoms with Crippen LogP contribution in [0.5, 0.6) is 11.5 Å². The number of nitrogens with zero attached hydrogens (tertiary/aromatic N) is 2. The van der Waals surface area contributed by atoms with E-state index in [0.29, 0.717) is 31.3 Å². The maximum Gasteiger partial charge on any atom is 0.228 e. The molecule has 3 heterocycles. The third-order valence-corrected chi connectivity index (χ3v) is 5.26. The van der Waals surface area contributed by atoms with Crippen LogP contribution < -0.4 is 14.4 Å². The zero-order valence-corrected chi connectivity index (χ0v) is 14.1. The molecule has 0 saturated carbocycles. The number of anilines is 1. The van der Waals surface area contributed by atoms with Crippen molar-refractivity contribution in [2.45, 2.75) is 32.2 Å². The highest BCUT2D eigenvalue weighted by Gasteiger charge is 2.45. The summed E-state index contributed by atoms with van der Waals surface area (Å²) in [6.45, 7) is 6.42. The Labute approximate surface area is 141 Å². The van der Waals surface area contributed by atoms with Crippen LogP contribution in [0, 0.1) is 5.92 Å². The largest absolute Gasteiger partial charge is 0.486 e. The molecule has 0 bridgehead atoms. The van der Waals surface area contributed by atoms with Crippen LogP contribution in [0.3, 0.4) is 0 Å². The van der Waals surface area contributed by atoms with Crippen molar-refractivity contribution in [3.8, 4) is 11.5 Å². The van der Waals surface area contributed by atoms with Gasteiger partial charge in [0, 0.05) is 36.8 Å². The summed E-state index contributed by atoms with van der Waals surface area (Å²) >= 11 is 0. The molecule has 0 aliphatic carbocycles. The minimum Gasteiger partial charge on any atom is -0.486 e. The van der Waals surface area contributed by atoms with Crippen LogP contribution in [0.1, 0.15) is 26.7 Å². The molecule has 2 fully saturated rings. The second-order valence-electron chi connectivity index (χ2n) is 7.29. The lowest BCUT2D eigenvalue weighted by Crippen LogP contribution is -2.60. The van der Waals surface area contributed by atoms with Gasteiger partial charge < -0.3 is 19.3 Å². The van der Waals surface area contributed by atoms with Crippen molar-refractivity contribution in [2.75, 3.05) is 31.2 Å². The fourth-order valence-corrected chi connectivity index (χ4v) is 3.62. The van der Waals surface area contributed by atoms with Crippen LogP contribution in [-0.2, 0) is 9.59 Å². The number of carbonyl (C=O) groups excluding carboxylic acids is 2. The van der Waals surface area contributed by atoms with E-state index in [9.17, 15) is 9.59 Å². The minimum atomic E-state index is -0.259. The SMILES string of the molecule is CC1(C)CCN1C(=O)C1CC(=O)N(c2ccc3c(c2)OCCO3)C1. The Morgan fingerprint density at radius 2 is 1.96 bits per heavy atom. The van der Waals surface area contributed by atoms with Gasteiger partial charge in [-0.3, -0.25) is 9.59 Å². The predicted octanol–water partition coefficient (Wildman–Crippen LogP) is 1.82. The van der Waals surface area contributed by atoms with Gasteiger partial charge >= 0.3 is 0 Å². The van der Waals surface area contributed by atoms with Gasteiger partial charge in [0.2, 0.25) is 11.8 Å². The molecule has 1 aromatic rings. The molecule has 3 aliphatic heterocycles. The number of likely N-dealkylation sites (tertiary alicyclic amines) is 1. The number of amides is 2. The smallest absolute Gasteiger partial charge is 0.228 e. The molecule has 0 N–H and O–H groups in total. The summed E-state index contributed by atoms with van der Waals surface area (Å²) in [5.74, 6) is 1.19. The molecular formula is C18H22N2O4. The number of carbonyl (C=O) groups is 2. The molecule has 0 spiro atoms. The second-order valence-corrected chi connectivity index (χ2v) is 7.29. The van der Waals surface area contributed by atoms with E-state index >= 15 is 0 Å². The van der Waals surface area contributed by atoms with Crippen molar-refractivity contribution in [1.82, 2.24) is 4.90 Å². The standard InChI is InChI=1S/C18H22N2O4/c1-18(2)5-6-20(18)17(22)12-9-16(21)19(11-12)13-3-4-14-15(10-13)24-8-7-23-14/h3-4,10,12H,5-9,11H2,1-2H3. The predicted molar refractivity (Wildman–Crippen MR) is 88.3 cm³/mol. The van der Waals surface area contributed by atoms with Gasteiger partial charge in [0.1, 0.15) is 13.2 Å². The Balaban J connectivity index is 1.51. The lowest BCUT2D eigenvalue weighted by atomic mass is 9.87. The average Bonchev–Trinajstić information content (AvgIpc) is 2.95. The molecule has 1 aromatic carbocycles. The maximum absolute atomic E-state index is 12.7. The fourth-order valence-electron chi connectivity index (χ4n) is 3.62. The first-order valence-corrected chi connectivity index (χ1v) is 8.47. The van der Waals surface area contributed by atoms with Crippen molar-refractivity contribution in [1.29, 1.82) is 0 Å². The monoisotopic (exact) mass is 330 g/mol. The summed E-state index contributed by atoms with van der Waals surface area (Å²) < 4.78 is 11.1. The van der Waals surface area contributed by atoms with Crippen LogP contribution in [0.2, 0.25) is 0 Å².